The third-order valence-electron chi connectivity index (χ3n) is 3.59. The summed E-state index contributed by atoms with van der Waals surface area (Å²) in [7, 11) is 0. The second kappa shape index (κ2) is 4.39. The summed E-state index contributed by atoms with van der Waals surface area (Å²) in [4.78, 5) is 4.70. The molecular formula is C14H18N2S. The highest BCUT2D eigenvalue weighted by Gasteiger charge is 2.36. The molecule has 3 rings (SSSR count). The molecule has 3 atom stereocenters. The molecule has 3 heteroatoms. The molecule has 2 aromatic rings. The van der Waals surface area contributed by atoms with Gasteiger partial charge in [-0.3, -0.25) is 0 Å². The highest BCUT2D eigenvalue weighted by Crippen LogP contribution is 2.36. The van der Waals surface area contributed by atoms with Gasteiger partial charge in [-0.15, -0.1) is 11.3 Å². The van der Waals surface area contributed by atoms with Crippen molar-refractivity contribution in [3.8, 4) is 0 Å². The lowest BCUT2D eigenvalue weighted by Gasteiger charge is -2.10. The van der Waals surface area contributed by atoms with Crippen LogP contribution in [0.4, 0.5) is 0 Å². The largest absolute Gasteiger partial charge is 0.305 e. The van der Waals surface area contributed by atoms with E-state index in [-0.39, 0.29) is 0 Å². The molecule has 1 aliphatic rings. The predicted molar refractivity (Wildman–Crippen MR) is 73.4 cm³/mol. The first-order valence-corrected chi connectivity index (χ1v) is 7.21. The molecule has 0 radical (unpaired) electrons. The van der Waals surface area contributed by atoms with Crippen LogP contribution in [0.2, 0.25) is 0 Å². The van der Waals surface area contributed by atoms with Crippen LogP contribution < -0.4 is 5.32 Å². The first kappa shape index (κ1) is 11.2. The van der Waals surface area contributed by atoms with Crippen LogP contribution in [0.25, 0.3) is 10.2 Å². The molecule has 90 valence electrons. The van der Waals surface area contributed by atoms with Crippen molar-refractivity contribution in [3.05, 3.63) is 29.3 Å². The number of nitrogens with zero attached hydrogens (tertiary/aromatic N) is 1. The van der Waals surface area contributed by atoms with Crippen LogP contribution in [0.1, 0.15) is 37.7 Å². The van der Waals surface area contributed by atoms with Gasteiger partial charge in [0.15, 0.2) is 0 Å². The SMILES string of the molecule is CCC1CC1NC(C)c1nc2ccccc2s1. The van der Waals surface area contributed by atoms with E-state index in [1.165, 1.54) is 22.5 Å². The number of para-hydroxylation sites is 1. The predicted octanol–water partition coefficient (Wildman–Crippen LogP) is 3.75. The Kier molecular flexibility index (Phi) is 2.89. The topological polar surface area (TPSA) is 24.9 Å². The lowest BCUT2D eigenvalue weighted by Crippen LogP contribution is -2.22. The van der Waals surface area contributed by atoms with E-state index in [1.54, 1.807) is 0 Å². The molecule has 0 aliphatic heterocycles. The number of hydrogen-bond acceptors (Lipinski definition) is 3. The van der Waals surface area contributed by atoms with E-state index in [0.717, 1.165) is 17.5 Å². The van der Waals surface area contributed by atoms with Crippen LogP contribution in [0.3, 0.4) is 0 Å². The van der Waals surface area contributed by atoms with Crippen molar-refractivity contribution in [2.24, 2.45) is 5.92 Å². The Balaban J connectivity index is 1.74. The van der Waals surface area contributed by atoms with Gasteiger partial charge < -0.3 is 5.32 Å². The summed E-state index contributed by atoms with van der Waals surface area (Å²) in [5.41, 5.74) is 1.13. The van der Waals surface area contributed by atoms with Crippen molar-refractivity contribution in [1.29, 1.82) is 0 Å². The van der Waals surface area contributed by atoms with Crippen molar-refractivity contribution in [2.75, 3.05) is 0 Å². The molecular weight excluding hydrogens is 228 g/mol. The first-order chi connectivity index (χ1) is 8.28. The Bertz CT molecular complexity index is 487. The third kappa shape index (κ3) is 2.22. The zero-order chi connectivity index (χ0) is 11.8. The van der Waals surface area contributed by atoms with Crippen LogP contribution in [0.15, 0.2) is 24.3 Å². The minimum absolute atomic E-state index is 0.383. The summed E-state index contributed by atoms with van der Waals surface area (Å²) < 4.78 is 1.29. The molecule has 1 aromatic carbocycles. The van der Waals surface area contributed by atoms with Gasteiger partial charge in [0.05, 0.1) is 16.3 Å². The van der Waals surface area contributed by atoms with Gasteiger partial charge in [-0.05, 0) is 31.4 Å². The third-order valence-corrected chi connectivity index (χ3v) is 4.81. The number of fused-ring (bicyclic) bond motifs is 1. The standard InChI is InChI=1S/C14H18N2S/c1-3-10-8-12(10)15-9(2)14-16-11-6-4-5-7-13(11)17-14/h4-7,9-10,12,15H,3,8H2,1-2H3. The lowest BCUT2D eigenvalue weighted by molar-refractivity contribution is 0.538. The van der Waals surface area contributed by atoms with E-state index in [2.05, 4.69) is 43.4 Å². The molecule has 17 heavy (non-hydrogen) atoms. The van der Waals surface area contributed by atoms with Crippen LogP contribution in [-0.2, 0) is 0 Å². The van der Waals surface area contributed by atoms with Crippen molar-refractivity contribution in [2.45, 2.75) is 38.8 Å². The molecule has 1 N–H and O–H groups in total. The van der Waals surface area contributed by atoms with E-state index < -0.39 is 0 Å². The molecule has 0 saturated heterocycles. The molecule has 1 fully saturated rings. The highest BCUT2D eigenvalue weighted by atomic mass is 32.1. The lowest BCUT2D eigenvalue weighted by atomic mass is 10.3. The summed E-state index contributed by atoms with van der Waals surface area (Å²) in [6.45, 7) is 4.50. The van der Waals surface area contributed by atoms with E-state index >= 15 is 0 Å². The van der Waals surface area contributed by atoms with E-state index in [0.29, 0.717) is 6.04 Å². The zero-order valence-corrected chi connectivity index (χ0v) is 11.1. The Morgan fingerprint density at radius 3 is 3.00 bits per heavy atom. The van der Waals surface area contributed by atoms with Gasteiger partial charge in [-0.1, -0.05) is 25.5 Å². The average molecular weight is 246 g/mol. The minimum Gasteiger partial charge on any atom is -0.305 e. The average Bonchev–Trinajstić information content (AvgIpc) is 2.94. The number of benzene rings is 1. The van der Waals surface area contributed by atoms with Gasteiger partial charge >= 0.3 is 0 Å². The van der Waals surface area contributed by atoms with Crippen LogP contribution in [-0.4, -0.2) is 11.0 Å². The van der Waals surface area contributed by atoms with Crippen molar-refractivity contribution in [1.82, 2.24) is 10.3 Å². The summed E-state index contributed by atoms with van der Waals surface area (Å²) in [6, 6.07) is 9.48. The molecule has 1 aliphatic carbocycles. The molecule has 0 amide bonds. The number of thiazole rings is 1. The monoisotopic (exact) mass is 246 g/mol. The molecule has 0 spiro atoms. The number of rotatable bonds is 4. The van der Waals surface area contributed by atoms with Gasteiger partial charge in [0.2, 0.25) is 0 Å². The Morgan fingerprint density at radius 2 is 2.29 bits per heavy atom. The maximum absolute atomic E-state index is 4.70. The summed E-state index contributed by atoms with van der Waals surface area (Å²) in [5.74, 6) is 0.895. The maximum atomic E-state index is 4.70. The molecule has 1 aromatic heterocycles. The number of aromatic nitrogens is 1. The fraction of sp³-hybridized carbons (Fsp3) is 0.500. The van der Waals surface area contributed by atoms with Gasteiger partial charge in [-0.25, -0.2) is 4.98 Å². The molecule has 0 bridgehead atoms. The quantitative estimate of drug-likeness (QED) is 0.888. The van der Waals surface area contributed by atoms with Crippen LogP contribution >= 0.6 is 11.3 Å². The van der Waals surface area contributed by atoms with E-state index in [1.807, 2.05) is 11.3 Å². The van der Waals surface area contributed by atoms with Crippen LogP contribution in [0.5, 0.6) is 0 Å². The maximum Gasteiger partial charge on any atom is 0.111 e. The van der Waals surface area contributed by atoms with Crippen molar-refractivity contribution in [3.63, 3.8) is 0 Å². The fourth-order valence-electron chi connectivity index (χ4n) is 2.37. The van der Waals surface area contributed by atoms with Gasteiger partial charge in [0.1, 0.15) is 5.01 Å². The summed E-state index contributed by atoms with van der Waals surface area (Å²) in [6.07, 6.45) is 2.63. The van der Waals surface area contributed by atoms with Crippen molar-refractivity contribution >= 4 is 21.6 Å². The fourth-order valence-corrected chi connectivity index (χ4v) is 3.35. The molecule has 1 saturated carbocycles. The Labute approximate surface area is 106 Å². The van der Waals surface area contributed by atoms with Crippen molar-refractivity contribution < 1.29 is 0 Å². The number of hydrogen-bond donors (Lipinski definition) is 1. The first-order valence-electron chi connectivity index (χ1n) is 6.39. The normalized spacial score (nSPS) is 25.1. The zero-order valence-electron chi connectivity index (χ0n) is 10.3. The minimum atomic E-state index is 0.383. The number of nitrogens with one attached hydrogen (secondary N) is 1. The summed E-state index contributed by atoms with van der Waals surface area (Å²) in [5, 5.41) is 4.90. The van der Waals surface area contributed by atoms with E-state index in [9.17, 15) is 0 Å². The van der Waals surface area contributed by atoms with E-state index in [4.69, 9.17) is 4.98 Å². The molecule has 2 nitrogen and oxygen atoms in total. The second-order valence-electron chi connectivity index (χ2n) is 4.92. The summed E-state index contributed by atoms with van der Waals surface area (Å²) >= 11 is 1.81. The smallest absolute Gasteiger partial charge is 0.111 e. The molecule has 1 heterocycles. The highest BCUT2D eigenvalue weighted by molar-refractivity contribution is 7.18. The van der Waals surface area contributed by atoms with Gasteiger partial charge in [-0.2, -0.15) is 0 Å². The van der Waals surface area contributed by atoms with Gasteiger partial charge in [0, 0.05) is 6.04 Å². The van der Waals surface area contributed by atoms with Gasteiger partial charge in [0.25, 0.3) is 0 Å². The molecule has 3 unspecified atom stereocenters. The Morgan fingerprint density at radius 1 is 1.47 bits per heavy atom. The Hall–Kier alpha value is -0.930. The van der Waals surface area contributed by atoms with Crippen LogP contribution in [0, 0.1) is 5.92 Å². The second-order valence-corrected chi connectivity index (χ2v) is 5.98.